The summed E-state index contributed by atoms with van der Waals surface area (Å²) in [7, 11) is 0. The Kier molecular flexibility index (Phi) is 6.63. The lowest BCUT2D eigenvalue weighted by molar-refractivity contribution is -0.134. The zero-order valence-corrected chi connectivity index (χ0v) is 20.0. The Morgan fingerprint density at radius 3 is 2.34 bits per heavy atom. The van der Waals surface area contributed by atoms with E-state index in [0.29, 0.717) is 43.0 Å². The van der Waals surface area contributed by atoms with Crippen LogP contribution in [0.3, 0.4) is 0 Å². The van der Waals surface area contributed by atoms with Gasteiger partial charge in [0.15, 0.2) is 0 Å². The predicted octanol–water partition coefficient (Wildman–Crippen LogP) is 3.56. The first-order valence-electron chi connectivity index (χ1n) is 11.6. The monoisotopic (exact) mass is 486 g/mol. The van der Waals surface area contributed by atoms with Gasteiger partial charge in [0, 0.05) is 55.3 Å². The predicted molar refractivity (Wildman–Crippen MR) is 137 cm³/mol. The molecule has 35 heavy (non-hydrogen) atoms. The third-order valence-electron chi connectivity index (χ3n) is 6.35. The van der Waals surface area contributed by atoms with E-state index in [4.69, 9.17) is 0 Å². The van der Waals surface area contributed by atoms with Crippen molar-refractivity contribution in [3.05, 3.63) is 94.3 Å². The lowest BCUT2D eigenvalue weighted by Crippen LogP contribution is -2.56. The average Bonchev–Trinajstić information content (AvgIpc) is 3.59. The average molecular weight is 487 g/mol. The van der Waals surface area contributed by atoms with E-state index in [2.05, 4.69) is 10.3 Å². The molecule has 7 nitrogen and oxygen atoms in total. The maximum atomic E-state index is 13.6. The number of rotatable bonds is 6. The summed E-state index contributed by atoms with van der Waals surface area (Å²) < 4.78 is 0. The van der Waals surface area contributed by atoms with E-state index in [-0.39, 0.29) is 17.7 Å². The number of para-hydroxylation sites is 1. The molecule has 3 amide bonds. The van der Waals surface area contributed by atoms with Crippen molar-refractivity contribution in [2.75, 3.05) is 26.2 Å². The lowest BCUT2D eigenvalue weighted by atomic mass is 10.0. The number of benzene rings is 2. The Bertz CT molecular complexity index is 1320. The summed E-state index contributed by atoms with van der Waals surface area (Å²) in [5.41, 5.74) is 2.61. The normalized spacial score (nSPS) is 14.6. The minimum absolute atomic E-state index is 0.0287. The summed E-state index contributed by atoms with van der Waals surface area (Å²) in [4.78, 5) is 46.6. The second-order valence-corrected chi connectivity index (χ2v) is 9.50. The number of fused-ring (bicyclic) bond motifs is 1. The van der Waals surface area contributed by atoms with Crippen molar-refractivity contribution in [3.8, 4) is 0 Å². The molecule has 178 valence electrons. The minimum atomic E-state index is -0.708. The zero-order chi connectivity index (χ0) is 24.2. The molecule has 4 aromatic rings. The fraction of sp³-hybridized carbons (Fsp3) is 0.222. The molecule has 1 aliphatic rings. The van der Waals surface area contributed by atoms with Crippen LogP contribution in [-0.2, 0) is 11.2 Å². The van der Waals surface area contributed by atoms with Crippen molar-refractivity contribution in [1.82, 2.24) is 20.1 Å². The van der Waals surface area contributed by atoms with Gasteiger partial charge in [-0.05, 0) is 35.2 Å². The van der Waals surface area contributed by atoms with Crippen LogP contribution in [0.2, 0.25) is 0 Å². The number of H-pyrrole nitrogens is 1. The molecule has 0 radical (unpaired) electrons. The molecule has 2 aromatic carbocycles. The molecule has 1 aliphatic heterocycles. The van der Waals surface area contributed by atoms with E-state index < -0.39 is 6.04 Å². The van der Waals surface area contributed by atoms with Crippen LogP contribution >= 0.6 is 11.3 Å². The highest BCUT2D eigenvalue weighted by Crippen LogP contribution is 2.21. The van der Waals surface area contributed by atoms with Gasteiger partial charge < -0.3 is 20.1 Å². The van der Waals surface area contributed by atoms with Gasteiger partial charge in [0.05, 0.1) is 4.88 Å². The number of carbonyl (C=O) groups excluding carboxylic acids is 3. The van der Waals surface area contributed by atoms with Gasteiger partial charge in [-0.1, -0.05) is 42.5 Å². The van der Waals surface area contributed by atoms with Crippen LogP contribution < -0.4 is 5.32 Å². The molecule has 1 fully saturated rings. The summed E-state index contributed by atoms with van der Waals surface area (Å²) in [5.74, 6) is -0.415. The summed E-state index contributed by atoms with van der Waals surface area (Å²) in [6.07, 6.45) is 2.28. The van der Waals surface area contributed by atoms with Crippen LogP contribution in [0, 0.1) is 0 Å². The molecular formula is C27H26N4O3S. The Morgan fingerprint density at radius 1 is 0.886 bits per heavy atom. The summed E-state index contributed by atoms with van der Waals surface area (Å²) in [5, 5.41) is 5.84. The topological polar surface area (TPSA) is 85.5 Å². The largest absolute Gasteiger partial charge is 0.361 e. The highest BCUT2D eigenvalue weighted by atomic mass is 32.1. The van der Waals surface area contributed by atoms with Gasteiger partial charge in [-0.25, -0.2) is 0 Å². The SMILES string of the molecule is O=C(N[C@@H](Cc1c[nH]c2ccccc12)C(=O)N1CCN(C(=O)c2ccccc2)CC1)c1cccs1. The molecule has 3 heterocycles. The molecule has 0 bridgehead atoms. The van der Waals surface area contributed by atoms with Crippen LogP contribution in [-0.4, -0.2) is 64.7 Å². The molecule has 1 saturated heterocycles. The molecule has 5 rings (SSSR count). The van der Waals surface area contributed by atoms with Crippen molar-refractivity contribution >= 4 is 40.0 Å². The van der Waals surface area contributed by atoms with Gasteiger partial charge in [0.2, 0.25) is 5.91 Å². The molecule has 0 saturated carbocycles. The number of nitrogens with zero attached hydrogens (tertiary/aromatic N) is 2. The van der Waals surface area contributed by atoms with Crippen LogP contribution in [0.4, 0.5) is 0 Å². The van der Waals surface area contributed by atoms with Crippen molar-refractivity contribution in [2.45, 2.75) is 12.5 Å². The molecule has 0 unspecified atom stereocenters. The minimum Gasteiger partial charge on any atom is -0.361 e. The Hall–Kier alpha value is -3.91. The van der Waals surface area contributed by atoms with Gasteiger partial charge >= 0.3 is 0 Å². The second-order valence-electron chi connectivity index (χ2n) is 8.55. The van der Waals surface area contributed by atoms with E-state index in [1.165, 1.54) is 11.3 Å². The summed E-state index contributed by atoms with van der Waals surface area (Å²) in [6, 6.07) is 20.0. The van der Waals surface area contributed by atoms with E-state index in [1.807, 2.05) is 60.1 Å². The fourth-order valence-electron chi connectivity index (χ4n) is 4.47. The van der Waals surface area contributed by atoms with E-state index in [9.17, 15) is 14.4 Å². The van der Waals surface area contributed by atoms with Crippen molar-refractivity contribution in [2.24, 2.45) is 0 Å². The van der Waals surface area contributed by atoms with Crippen molar-refractivity contribution < 1.29 is 14.4 Å². The third-order valence-corrected chi connectivity index (χ3v) is 7.22. The van der Waals surface area contributed by atoms with Crippen LogP contribution in [0.5, 0.6) is 0 Å². The standard InChI is InChI=1S/C27H26N4O3S/c32-25(24-11-6-16-35-24)29-23(17-20-18-28-22-10-5-4-9-21(20)22)27(34)31-14-12-30(13-15-31)26(33)19-7-2-1-3-8-19/h1-11,16,18,23,28H,12-15,17H2,(H,29,32)/t23-/m0/s1. The molecule has 0 aliphatic carbocycles. The first-order chi connectivity index (χ1) is 17.1. The number of hydrogen-bond acceptors (Lipinski definition) is 4. The second kappa shape index (κ2) is 10.1. The Balaban J connectivity index is 1.31. The number of amides is 3. The molecule has 2 aromatic heterocycles. The smallest absolute Gasteiger partial charge is 0.262 e. The van der Waals surface area contributed by atoms with Gasteiger partial charge in [-0.3, -0.25) is 14.4 Å². The summed E-state index contributed by atoms with van der Waals surface area (Å²) in [6.45, 7) is 1.77. The first-order valence-corrected chi connectivity index (χ1v) is 12.5. The first kappa shape index (κ1) is 22.9. The van der Waals surface area contributed by atoms with Crippen molar-refractivity contribution in [1.29, 1.82) is 0 Å². The van der Waals surface area contributed by atoms with Gasteiger partial charge in [-0.15, -0.1) is 11.3 Å². The quantitative estimate of drug-likeness (QED) is 0.437. The third kappa shape index (κ3) is 4.97. The number of thiophene rings is 1. The van der Waals surface area contributed by atoms with Crippen LogP contribution in [0.25, 0.3) is 10.9 Å². The maximum Gasteiger partial charge on any atom is 0.262 e. The maximum absolute atomic E-state index is 13.6. The number of carbonyl (C=O) groups is 3. The number of aromatic amines is 1. The molecule has 1 atom stereocenters. The van der Waals surface area contributed by atoms with Crippen LogP contribution in [0.15, 0.2) is 78.3 Å². The lowest BCUT2D eigenvalue weighted by Gasteiger charge is -2.36. The number of piperazine rings is 1. The highest BCUT2D eigenvalue weighted by molar-refractivity contribution is 7.12. The zero-order valence-electron chi connectivity index (χ0n) is 19.1. The molecule has 8 heteroatoms. The van der Waals surface area contributed by atoms with E-state index in [0.717, 1.165) is 16.5 Å². The molecular weight excluding hydrogens is 460 g/mol. The van der Waals surface area contributed by atoms with Gasteiger partial charge in [-0.2, -0.15) is 0 Å². The van der Waals surface area contributed by atoms with Gasteiger partial charge in [0.1, 0.15) is 6.04 Å². The van der Waals surface area contributed by atoms with E-state index >= 15 is 0 Å². The van der Waals surface area contributed by atoms with Gasteiger partial charge in [0.25, 0.3) is 11.8 Å². The molecule has 2 N–H and O–H groups in total. The Morgan fingerprint density at radius 2 is 1.60 bits per heavy atom. The number of hydrogen-bond donors (Lipinski definition) is 2. The fourth-order valence-corrected chi connectivity index (χ4v) is 5.10. The van der Waals surface area contributed by atoms with Crippen molar-refractivity contribution in [3.63, 3.8) is 0 Å². The Labute approximate surface area is 207 Å². The summed E-state index contributed by atoms with van der Waals surface area (Å²) >= 11 is 1.34. The molecule has 0 spiro atoms. The van der Waals surface area contributed by atoms with E-state index in [1.54, 1.807) is 28.0 Å². The number of nitrogens with one attached hydrogen (secondary N) is 2. The van der Waals surface area contributed by atoms with Crippen LogP contribution in [0.1, 0.15) is 25.6 Å². The highest BCUT2D eigenvalue weighted by Gasteiger charge is 2.31. The number of aromatic nitrogens is 1.